The number of hydrogen-bond donors (Lipinski definition) is 2. The number of aliphatic hydroxyl groups is 1. The molecule has 2 N–H and O–H groups in total. The summed E-state index contributed by atoms with van der Waals surface area (Å²) in [5.74, 6) is 1.60. The van der Waals surface area contributed by atoms with Crippen molar-refractivity contribution in [2.75, 3.05) is 13.3 Å². The lowest BCUT2D eigenvalue weighted by molar-refractivity contribution is 0.117. The number of benzene rings is 1. The molecule has 0 aromatic heterocycles. The van der Waals surface area contributed by atoms with E-state index in [1.807, 2.05) is 18.2 Å². The fraction of sp³-hybridized carbons (Fsp3) is 0.625. The number of aliphatic hydroxyl groups excluding tert-OH is 1. The normalized spacial score (nSPS) is 17.1. The van der Waals surface area contributed by atoms with Crippen molar-refractivity contribution in [2.24, 2.45) is 5.41 Å². The first-order valence-electron chi connectivity index (χ1n) is 7.16. The van der Waals surface area contributed by atoms with Crippen molar-refractivity contribution in [3.8, 4) is 11.5 Å². The molecule has 1 heterocycles. The Balaban J connectivity index is 1.87. The van der Waals surface area contributed by atoms with Gasteiger partial charge < -0.3 is 19.9 Å². The first-order valence-corrected chi connectivity index (χ1v) is 7.16. The predicted molar refractivity (Wildman–Crippen MR) is 79.1 cm³/mol. The van der Waals surface area contributed by atoms with Gasteiger partial charge in [0.1, 0.15) is 0 Å². The van der Waals surface area contributed by atoms with Crippen LogP contribution in [0.4, 0.5) is 0 Å². The Morgan fingerprint density at radius 3 is 2.65 bits per heavy atom. The van der Waals surface area contributed by atoms with Crippen LogP contribution in [0.25, 0.3) is 0 Å². The zero-order valence-electron chi connectivity index (χ0n) is 12.8. The maximum Gasteiger partial charge on any atom is 0.231 e. The summed E-state index contributed by atoms with van der Waals surface area (Å²) < 4.78 is 10.7. The van der Waals surface area contributed by atoms with Crippen LogP contribution in [-0.4, -0.2) is 24.5 Å². The number of rotatable bonds is 5. The monoisotopic (exact) mass is 279 g/mol. The summed E-state index contributed by atoms with van der Waals surface area (Å²) in [5, 5.41) is 13.4. The molecular formula is C16H25NO3. The lowest BCUT2D eigenvalue weighted by Gasteiger charge is -2.24. The van der Waals surface area contributed by atoms with Crippen molar-refractivity contribution < 1.29 is 14.6 Å². The summed E-state index contributed by atoms with van der Waals surface area (Å²) in [4.78, 5) is 0. The Morgan fingerprint density at radius 1 is 1.25 bits per heavy atom. The van der Waals surface area contributed by atoms with Gasteiger partial charge >= 0.3 is 0 Å². The molecule has 1 aromatic rings. The Morgan fingerprint density at radius 2 is 1.95 bits per heavy atom. The van der Waals surface area contributed by atoms with Gasteiger partial charge in [-0.2, -0.15) is 0 Å². The largest absolute Gasteiger partial charge is 0.454 e. The van der Waals surface area contributed by atoms with E-state index >= 15 is 0 Å². The van der Waals surface area contributed by atoms with Crippen molar-refractivity contribution in [3.05, 3.63) is 23.8 Å². The van der Waals surface area contributed by atoms with E-state index in [-0.39, 0.29) is 17.6 Å². The fourth-order valence-electron chi connectivity index (χ4n) is 2.39. The first kappa shape index (κ1) is 15.1. The van der Waals surface area contributed by atoms with E-state index in [2.05, 4.69) is 33.0 Å². The third-order valence-electron chi connectivity index (χ3n) is 3.40. The van der Waals surface area contributed by atoms with Crippen LogP contribution in [-0.2, 0) is 0 Å². The highest BCUT2D eigenvalue weighted by Crippen LogP contribution is 2.34. The van der Waals surface area contributed by atoms with E-state index in [4.69, 9.17) is 9.47 Å². The Kier molecular flexibility index (Phi) is 4.55. The van der Waals surface area contributed by atoms with Gasteiger partial charge in [-0.1, -0.05) is 26.8 Å². The average molecular weight is 279 g/mol. The van der Waals surface area contributed by atoms with Gasteiger partial charge in [0.15, 0.2) is 11.5 Å². The molecule has 0 aliphatic carbocycles. The van der Waals surface area contributed by atoms with Crippen molar-refractivity contribution in [1.29, 1.82) is 0 Å². The second kappa shape index (κ2) is 6.02. The van der Waals surface area contributed by atoms with Crippen LogP contribution in [0.2, 0.25) is 0 Å². The third-order valence-corrected chi connectivity index (χ3v) is 3.40. The average Bonchev–Trinajstić information content (AvgIpc) is 2.80. The van der Waals surface area contributed by atoms with E-state index in [0.29, 0.717) is 13.3 Å². The quantitative estimate of drug-likeness (QED) is 0.870. The van der Waals surface area contributed by atoms with Crippen molar-refractivity contribution in [1.82, 2.24) is 5.32 Å². The molecule has 1 aliphatic rings. The van der Waals surface area contributed by atoms with Crippen LogP contribution < -0.4 is 14.8 Å². The molecule has 20 heavy (non-hydrogen) atoms. The molecule has 1 aliphatic heterocycles. The highest BCUT2D eigenvalue weighted by Gasteiger charge is 2.19. The van der Waals surface area contributed by atoms with Gasteiger partial charge in [-0.3, -0.25) is 0 Å². The first-order chi connectivity index (χ1) is 9.35. The molecule has 2 atom stereocenters. The highest BCUT2D eigenvalue weighted by molar-refractivity contribution is 5.45. The van der Waals surface area contributed by atoms with Crippen molar-refractivity contribution in [3.63, 3.8) is 0 Å². The number of ether oxygens (including phenoxy) is 2. The second-order valence-electron chi connectivity index (χ2n) is 6.66. The molecule has 2 rings (SSSR count). The molecule has 2 unspecified atom stereocenters. The molecule has 0 radical (unpaired) electrons. The van der Waals surface area contributed by atoms with Crippen LogP contribution in [0.1, 0.15) is 45.7 Å². The highest BCUT2D eigenvalue weighted by atomic mass is 16.7. The summed E-state index contributed by atoms with van der Waals surface area (Å²) >= 11 is 0. The second-order valence-corrected chi connectivity index (χ2v) is 6.66. The summed E-state index contributed by atoms with van der Waals surface area (Å²) in [7, 11) is 0. The van der Waals surface area contributed by atoms with Crippen LogP contribution >= 0.6 is 0 Å². The minimum atomic E-state index is -0.327. The van der Waals surface area contributed by atoms with Gasteiger partial charge in [-0.25, -0.2) is 0 Å². The number of nitrogens with one attached hydrogen (secondary N) is 1. The van der Waals surface area contributed by atoms with E-state index < -0.39 is 0 Å². The molecule has 4 heteroatoms. The molecule has 4 nitrogen and oxygen atoms in total. The summed E-state index contributed by atoms with van der Waals surface area (Å²) in [6.45, 7) is 9.38. The Hall–Kier alpha value is -1.26. The van der Waals surface area contributed by atoms with Crippen LogP contribution in [0.15, 0.2) is 18.2 Å². The molecule has 1 aromatic carbocycles. The molecule has 0 fully saturated rings. The van der Waals surface area contributed by atoms with Gasteiger partial charge in [-0.15, -0.1) is 0 Å². The smallest absolute Gasteiger partial charge is 0.231 e. The van der Waals surface area contributed by atoms with Gasteiger partial charge in [0, 0.05) is 12.6 Å². The predicted octanol–water partition coefficient (Wildman–Crippen LogP) is 2.86. The van der Waals surface area contributed by atoms with Crippen molar-refractivity contribution in [2.45, 2.75) is 46.3 Å². The Bertz CT molecular complexity index is 454. The maximum atomic E-state index is 10.0. The van der Waals surface area contributed by atoms with Gasteiger partial charge in [-0.05, 0) is 36.5 Å². The molecule has 0 spiro atoms. The molecule has 112 valence electrons. The summed E-state index contributed by atoms with van der Waals surface area (Å²) in [5.41, 5.74) is 1.28. The molecule has 0 amide bonds. The zero-order valence-corrected chi connectivity index (χ0v) is 12.8. The van der Waals surface area contributed by atoms with Crippen molar-refractivity contribution >= 4 is 0 Å². The lowest BCUT2D eigenvalue weighted by Crippen LogP contribution is -2.31. The lowest BCUT2D eigenvalue weighted by atomic mass is 9.89. The SMILES string of the molecule is CC(NCC(O)CC(C)(C)C)c1ccc2c(c1)OCO2. The van der Waals surface area contributed by atoms with Crippen LogP contribution in [0, 0.1) is 5.41 Å². The van der Waals surface area contributed by atoms with Crippen LogP contribution in [0.5, 0.6) is 11.5 Å². The van der Waals surface area contributed by atoms with Gasteiger partial charge in [0.05, 0.1) is 6.10 Å². The minimum absolute atomic E-state index is 0.142. The summed E-state index contributed by atoms with van der Waals surface area (Å²) in [6.07, 6.45) is 0.458. The standard InChI is InChI=1S/C16H25NO3/c1-11(17-9-13(18)8-16(2,3)4)12-5-6-14-15(7-12)20-10-19-14/h5-7,11,13,17-18H,8-10H2,1-4H3. The minimum Gasteiger partial charge on any atom is -0.454 e. The molecule has 0 bridgehead atoms. The number of hydrogen-bond acceptors (Lipinski definition) is 4. The zero-order chi connectivity index (χ0) is 14.8. The van der Waals surface area contributed by atoms with E-state index in [1.165, 1.54) is 0 Å². The number of fused-ring (bicyclic) bond motifs is 1. The summed E-state index contributed by atoms with van der Waals surface area (Å²) in [6, 6.07) is 6.12. The maximum absolute atomic E-state index is 10.0. The molecule has 0 saturated heterocycles. The molecular weight excluding hydrogens is 254 g/mol. The van der Waals surface area contributed by atoms with E-state index in [9.17, 15) is 5.11 Å². The van der Waals surface area contributed by atoms with E-state index in [0.717, 1.165) is 23.5 Å². The van der Waals surface area contributed by atoms with Gasteiger partial charge in [0.2, 0.25) is 6.79 Å². The van der Waals surface area contributed by atoms with Crippen LogP contribution in [0.3, 0.4) is 0 Å². The fourth-order valence-corrected chi connectivity index (χ4v) is 2.39. The molecule has 0 saturated carbocycles. The van der Waals surface area contributed by atoms with Gasteiger partial charge in [0.25, 0.3) is 0 Å². The van der Waals surface area contributed by atoms with E-state index in [1.54, 1.807) is 0 Å². The Labute approximate surface area is 121 Å². The topological polar surface area (TPSA) is 50.7 Å². The third kappa shape index (κ3) is 4.12.